The smallest absolute Gasteiger partial charge is 0.437 e. The molecule has 2 rings (SSSR count). The maximum atomic E-state index is 13.1. The molecule has 9 heteroatoms. The molecule has 0 radical (unpaired) electrons. The fourth-order valence-corrected chi connectivity index (χ4v) is 3.03. The van der Waals surface area contributed by atoms with Gasteiger partial charge in [-0.25, -0.2) is 0 Å². The largest absolute Gasteiger partial charge is 0.493 e. The van der Waals surface area contributed by atoms with E-state index in [2.05, 4.69) is 5.16 Å². The number of hydrogen-bond donors (Lipinski definition) is 0. The van der Waals surface area contributed by atoms with Crippen molar-refractivity contribution in [3.8, 4) is 5.75 Å². The van der Waals surface area contributed by atoms with Crippen LogP contribution < -0.4 is 4.74 Å². The maximum Gasteiger partial charge on any atom is 0.437 e. The molecular formula is C21H27F3N2O4. The summed E-state index contributed by atoms with van der Waals surface area (Å²) in [6.45, 7) is 7.71. The van der Waals surface area contributed by atoms with Gasteiger partial charge in [-0.1, -0.05) is 39.3 Å². The molecule has 0 saturated carbocycles. The molecule has 0 aliphatic heterocycles. The van der Waals surface area contributed by atoms with Crippen molar-refractivity contribution in [3.63, 3.8) is 0 Å². The molecule has 0 atom stereocenters. The lowest BCUT2D eigenvalue weighted by molar-refractivity contribution is -0.145. The Labute approximate surface area is 173 Å². The van der Waals surface area contributed by atoms with Crippen LogP contribution in [-0.2, 0) is 22.2 Å². The van der Waals surface area contributed by atoms with Gasteiger partial charge in [-0.2, -0.15) is 13.2 Å². The summed E-state index contributed by atoms with van der Waals surface area (Å²) in [5.74, 6) is 0.154. The summed E-state index contributed by atoms with van der Waals surface area (Å²) in [7, 11) is 0. The van der Waals surface area contributed by atoms with E-state index < -0.39 is 17.3 Å². The molecule has 1 aromatic carbocycles. The third-order valence-corrected chi connectivity index (χ3v) is 5.12. The zero-order chi connectivity index (χ0) is 22.5. The maximum absolute atomic E-state index is 13.1. The molecule has 166 valence electrons. The van der Waals surface area contributed by atoms with Crippen LogP contribution in [0.3, 0.4) is 0 Å². The van der Waals surface area contributed by atoms with E-state index in [0.717, 1.165) is 4.90 Å². The van der Waals surface area contributed by atoms with Crippen LogP contribution in [0.2, 0.25) is 0 Å². The van der Waals surface area contributed by atoms with Crippen LogP contribution in [0, 0.1) is 5.41 Å². The molecule has 0 bridgehead atoms. The van der Waals surface area contributed by atoms with Crippen molar-refractivity contribution >= 4 is 23.3 Å². The summed E-state index contributed by atoms with van der Waals surface area (Å²) in [6.07, 6.45) is -1.96. The summed E-state index contributed by atoms with van der Waals surface area (Å²) in [6, 6.07) is 2.76. The van der Waals surface area contributed by atoms with Crippen LogP contribution in [-0.4, -0.2) is 35.5 Å². The van der Waals surface area contributed by atoms with E-state index in [-0.39, 0.29) is 30.0 Å². The summed E-state index contributed by atoms with van der Waals surface area (Å²) in [5.41, 5.74) is -1.10. The molecule has 0 N–H and O–H groups in total. The first-order valence-electron chi connectivity index (χ1n) is 9.94. The van der Waals surface area contributed by atoms with Gasteiger partial charge in [0.1, 0.15) is 5.75 Å². The van der Waals surface area contributed by atoms with Crippen molar-refractivity contribution in [2.45, 2.75) is 59.6 Å². The van der Waals surface area contributed by atoms with Gasteiger partial charge in [-0.15, -0.1) is 0 Å². The number of carbonyl (C=O) groups is 2. The van der Waals surface area contributed by atoms with Gasteiger partial charge >= 0.3 is 6.18 Å². The molecule has 0 unspecified atom stereocenters. The van der Waals surface area contributed by atoms with Gasteiger partial charge in [0.15, 0.2) is 11.3 Å². The molecule has 1 heterocycles. The quantitative estimate of drug-likeness (QED) is 0.394. The highest BCUT2D eigenvalue weighted by atomic mass is 19.4. The van der Waals surface area contributed by atoms with Gasteiger partial charge < -0.3 is 9.26 Å². The number of aromatic nitrogens is 1. The first-order chi connectivity index (χ1) is 14.1. The Morgan fingerprint density at radius 3 is 2.53 bits per heavy atom. The van der Waals surface area contributed by atoms with E-state index in [1.165, 1.54) is 12.1 Å². The minimum Gasteiger partial charge on any atom is -0.493 e. The molecule has 0 saturated heterocycles. The lowest BCUT2D eigenvalue weighted by Crippen LogP contribution is -2.40. The van der Waals surface area contributed by atoms with Gasteiger partial charge in [-0.3, -0.25) is 14.5 Å². The topological polar surface area (TPSA) is 72.6 Å². The number of fused-ring (bicyclic) bond motifs is 1. The zero-order valence-electron chi connectivity index (χ0n) is 17.6. The third kappa shape index (κ3) is 5.12. The van der Waals surface area contributed by atoms with Gasteiger partial charge in [-0.05, 0) is 31.4 Å². The Morgan fingerprint density at radius 2 is 1.97 bits per heavy atom. The predicted molar refractivity (Wildman–Crippen MR) is 105 cm³/mol. The standard InChI is InChI=1S/C21H27F3N2O4/c1-5-8-14-16(10-9-15-17(14)30-25-18(15)21(22,23)24)29-12-7-11-26(13-27)19(28)20(3,4)6-2/h9-10,13H,5-8,11-12H2,1-4H3. The van der Waals surface area contributed by atoms with E-state index in [4.69, 9.17) is 9.26 Å². The summed E-state index contributed by atoms with van der Waals surface area (Å²) >= 11 is 0. The Balaban J connectivity index is 2.11. The predicted octanol–water partition coefficient (Wildman–Crippen LogP) is 4.99. The van der Waals surface area contributed by atoms with Crippen LogP contribution in [0.1, 0.15) is 58.2 Å². The van der Waals surface area contributed by atoms with Crippen LogP contribution >= 0.6 is 0 Å². The number of ether oxygens (including phenoxy) is 1. The molecule has 30 heavy (non-hydrogen) atoms. The Bertz CT molecular complexity index is 890. The molecule has 2 aromatic rings. The number of halogens is 3. The molecule has 6 nitrogen and oxygen atoms in total. The van der Waals surface area contributed by atoms with Gasteiger partial charge in [0.25, 0.3) is 0 Å². The SMILES string of the molecule is CCCc1c(OCCCN(C=O)C(=O)C(C)(C)CC)ccc2c(C(F)(F)F)noc12. The van der Waals surface area contributed by atoms with Crippen LogP contribution in [0.25, 0.3) is 11.0 Å². The van der Waals surface area contributed by atoms with Crippen LogP contribution in [0.4, 0.5) is 13.2 Å². The summed E-state index contributed by atoms with van der Waals surface area (Å²) < 4.78 is 50.0. The zero-order valence-corrected chi connectivity index (χ0v) is 17.6. The third-order valence-electron chi connectivity index (χ3n) is 5.12. The number of hydrogen-bond acceptors (Lipinski definition) is 5. The van der Waals surface area contributed by atoms with E-state index >= 15 is 0 Å². The van der Waals surface area contributed by atoms with Gasteiger partial charge in [0, 0.05) is 17.5 Å². The van der Waals surface area contributed by atoms with Gasteiger partial charge in [0.2, 0.25) is 12.3 Å². The minimum atomic E-state index is -4.60. The number of imide groups is 1. The number of aryl methyl sites for hydroxylation is 1. The molecule has 0 aliphatic carbocycles. The van der Waals surface area contributed by atoms with Crippen molar-refractivity contribution < 1.29 is 32.0 Å². The Hall–Kier alpha value is -2.58. The number of amides is 2. The molecule has 0 spiro atoms. The van der Waals surface area contributed by atoms with Crippen LogP contribution in [0.5, 0.6) is 5.75 Å². The number of rotatable bonds is 10. The van der Waals surface area contributed by atoms with Crippen molar-refractivity contribution in [1.82, 2.24) is 10.1 Å². The van der Waals surface area contributed by atoms with Gasteiger partial charge in [0.05, 0.1) is 12.0 Å². The summed E-state index contributed by atoms with van der Waals surface area (Å²) in [4.78, 5) is 24.8. The highest BCUT2D eigenvalue weighted by Crippen LogP contribution is 2.38. The Morgan fingerprint density at radius 1 is 1.27 bits per heavy atom. The Kier molecular flexibility index (Phi) is 7.49. The van der Waals surface area contributed by atoms with Crippen molar-refractivity contribution in [1.29, 1.82) is 0 Å². The number of carbonyl (C=O) groups excluding carboxylic acids is 2. The van der Waals surface area contributed by atoms with Crippen molar-refractivity contribution in [2.24, 2.45) is 5.41 Å². The lowest BCUT2D eigenvalue weighted by atomic mass is 9.88. The molecule has 0 fully saturated rings. The normalized spacial score (nSPS) is 12.2. The van der Waals surface area contributed by atoms with E-state index in [1.807, 2.05) is 13.8 Å². The van der Waals surface area contributed by atoms with Crippen molar-refractivity contribution in [2.75, 3.05) is 13.2 Å². The first kappa shape index (κ1) is 23.7. The number of alkyl halides is 3. The number of benzene rings is 1. The van der Waals surface area contributed by atoms with E-state index in [9.17, 15) is 22.8 Å². The first-order valence-corrected chi connectivity index (χ1v) is 9.94. The van der Waals surface area contributed by atoms with E-state index in [0.29, 0.717) is 43.4 Å². The second-order valence-corrected chi connectivity index (χ2v) is 7.74. The highest BCUT2D eigenvalue weighted by molar-refractivity contribution is 5.90. The minimum absolute atomic E-state index is 0.0658. The molecule has 1 aromatic heterocycles. The molecule has 2 amide bonds. The second-order valence-electron chi connectivity index (χ2n) is 7.74. The lowest BCUT2D eigenvalue weighted by Gasteiger charge is -2.27. The second kappa shape index (κ2) is 9.49. The van der Waals surface area contributed by atoms with E-state index in [1.54, 1.807) is 13.8 Å². The van der Waals surface area contributed by atoms with Crippen LogP contribution in [0.15, 0.2) is 16.7 Å². The monoisotopic (exact) mass is 428 g/mol. The average molecular weight is 428 g/mol. The number of nitrogens with zero attached hydrogens (tertiary/aromatic N) is 2. The van der Waals surface area contributed by atoms with Crippen molar-refractivity contribution in [3.05, 3.63) is 23.4 Å². The highest BCUT2D eigenvalue weighted by Gasteiger charge is 2.37. The fraction of sp³-hybridized carbons (Fsp3) is 0.571. The molecular weight excluding hydrogens is 401 g/mol. The average Bonchev–Trinajstić information content (AvgIpc) is 3.14. The summed E-state index contributed by atoms with van der Waals surface area (Å²) in [5, 5.41) is 3.09. The fourth-order valence-electron chi connectivity index (χ4n) is 3.03. The molecule has 0 aliphatic rings.